The van der Waals surface area contributed by atoms with Crippen molar-refractivity contribution in [1.82, 2.24) is 5.43 Å². The van der Waals surface area contributed by atoms with E-state index in [4.69, 9.17) is 0 Å². The Labute approximate surface area is 119 Å². The second kappa shape index (κ2) is 6.66. The van der Waals surface area contributed by atoms with Crippen LogP contribution in [0.5, 0.6) is 0 Å². The summed E-state index contributed by atoms with van der Waals surface area (Å²) in [6.07, 6.45) is 0.827. The van der Waals surface area contributed by atoms with Gasteiger partial charge in [0.2, 0.25) is 0 Å². The van der Waals surface area contributed by atoms with Gasteiger partial charge in [-0.2, -0.15) is 5.10 Å². The van der Waals surface area contributed by atoms with Gasteiger partial charge in [0, 0.05) is 11.3 Å². The third-order valence-electron chi connectivity index (χ3n) is 3.11. The molecular formula is C17H18N2O. The fourth-order valence-corrected chi connectivity index (χ4v) is 1.73. The largest absolute Gasteiger partial charge is 0.271 e. The van der Waals surface area contributed by atoms with Crippen molar-refractivity contribution < 1.29 is 4.79 Å². The molecule has 0 aliphatic heterocycles. The molecule has 20 heavy (non-hydrogen) atoms. The Balaban J connectivity index is 2.11. The predicted octanol–water partition coefficient (Wildman–Crippen LogP) is 3.87. The van der Waals surface area contributed by atoms with Crippen LogP contribution in [0.3, 0.4) is 0 Å². The highest BCUT2D eigenvalue weighted by Gasteiger charge is 2.04. The number of hydrogen-bond acceptors (Lipinski definition) is 2. The monoisotopic (exact) mass is 266 g/mol. The quantitative estimate of drug-likeness (QED) is 0.662. The lowest BCUT2D eigenvalue weighted by Crippen LogP contribution is -2.18. The van der Waals surface area contributed by atoms with Crippen LogP contribution in [0.1, 0.15) is 30.6 Å². The Morgan fingerprint density at radius 1 is 1.00 bits per heavy atom. The van der Waals surface area contributed by atoms with Crippen molar-refractivity contribution in [1.29, 1.82) is 0 Å². The van der Waals surface area contributed by atoms with E-state index in [1.165, 1.54) is 0 Å². The Bertz CT molecular complexity index is 601. The molecule has 0 heterocycles. The number of nitrogens with one attached hydrogen (secondary N) is 1. The lowest BCUT2D eigenvalue weighted by Gasteiger charge is -2.04. The standard InChI is InChI=1S/C17H18N2O/c1-3-13(2)18-19-17(20)16-11-9-15(10-12-16)14-7-5-4-6-8-14/h4-12H,3H2,1-2H3,(H,19,20)/b18-13+. The minimum Gasteiger partial charge on any atom is -0.267 e. The maximum absolute atomic E-state index is 11.9. The molecule has 1 amide bonds. The maximum Gasteiger partial charge on any atom is 0.271 e. The second-order valence-electron chi connectivity index (χ2n) is 4.58. The summed E-state index contributed by atoms with van der Waals surface area (Å²) >= 11 is 0. The fraction of sp³-hybridized carbons (Fsp3) is 0.176. The average molecular weight is 266 g/mol. The van der Waals surface area contributed by atoms with E-state index in [1.54, 1.807) is 0 Å². The van der Waals surface area contributed by atoms with E-state index in [2.05, 4.69) is 10.5 Å². The van der Waals surface area contributed by atoms with E-state index >= 15 is 0 Å². The number of benzene rings is 2. The van der Waals surface area contributed by atoms with Crippen LogP contribution in [0.4, 0.5) is 0 Å². The molecule has 1 N–H and O–H groups in total. The maximum atomic E-state index is 11.9. The third kappa shape index (κ3) is 3.54. The zero-order valence-corrected chi connectivity index (χ0v) is 11.8. The summed E-state index contributed by atoms with van der Waals surface area (Å²) in [5.41, 5.74) is 6.30. The van der Waals surface area contributed by atoms with Gasteiger partial charge in [-0.3, -0.25) is 4.79 Å². The number of hydrazone groups is 1. The van der Waals surface area contributed by atoms with Gasteiger partial charge in [0.15, 0.2) is 0 Å². The first-order valence-electron chi connectivity index (χ1n) is 6.69. The molecule has 2 aromatic carbocycles. The van der Waals surface area contributed by atoms with Gasteiger partial charge in [-0.1, -0.05) is 49.4 Å². The Kier molecular flexibility index (Phi) is 4.66. The second-order valence-corrected chi connectivity index (χ2v) is 4.58. The predicted molar refractivity (Wildman–Crippen MR) is 82.7 cm³/mol. The lowest BCUT2D eigenvalue weighted by molar-refractivity contribution is 0.0954. The van der Waals surface area contributed by atoms with Crippen molar-refractivity contribution in [3.63, 3.8) is 0 Å². The topological polar surface area (TPSA) is 41.5 Å². The summed E-state index contributed by atoms with van der Waals surface area (Å²) in [4.78, 5) is 11.9. The highest BCUT2D eigenvalue weighted by atomic mass is 16.2. The van der Waals surface area contributed by atoms with Crippen LogP contribution in [0.15, 0.2) is 59.7 Å². The summed E-state index contributed by atoms with van der Waals surface area (Å²) in [6.45, 7) is 3.89. The van der Waals surface area contributed by atoms with Crippen molar-refractivity contribution in [2.75, 3.05) is 0 Å². The van der Waals surface area contributed by atoms with E-state index in [-0.39, 0.29) is 5.91 Å². The van der Waals surface area contributed by atoms with Gasteiger partial charge in [-0.25, -0.2) is 5.43 Å². The van der Waals surface area contributed by atoms with Gasteiger partial charge < -0.3 is 0 Å². The normalized spacial score (nSPS) is 11.2. The van der Waals surface area contributed by atoms with Gasteiger partial charge >= 0.3 is 0 Å². The highest BCUT2D eigenvalue weighted by molar-refractivity contribution is 5.95. The summed E-state index contributed by atoms with van der Waals surface area (Å²) < 4.78 is 0. The number of nitrogens with zero attached hydrogens (tertiary/aromatic N) is 1. The molecule has 0 spiro atoms. The van der Waals surface area contributed by atoms with Crippen molar-refractivity contribution in [2.24, 2.45) is 5.10 Å². The summed E-state index contributed by atoms with van der Waals surface area (Å²) in [7, 11) is 0. The smallest absolute Gasteiger partial charge is 0.267 e. The molecule has 3 nitrogen and oxygen atoms in total. The first-order valence-corrected chi connectivity index (χ1v) is 6.69. The summed E-state index contributed by atoms with van der Waals surface area (Å²) in [5, 5.41) is 4.02. The first kappa shape index (κ1) is 14.0. The molecule has 0 saturated carbocycles. The molecule has 0 atom stereocenters. The van der Waals surface area contributed by atoms with Gasteiger partial charge in [0.25, 0.3) is 5.91 Å². The molecule has 0 aliphatic rings. The van der Waals surface area contributed by atoms with Crippen molar-refractivity contribution in [2.45, 2.75) is 20.3 Å². The first-order chi connectivity index (χ1) is 9.70. The lowest BCUT2D eigenvalue weighted by atomic mass is 10.0. The Morgan fingerprint density at radius 3 is 2.20 bits per heavy atom. The zero-order chi connectivity index (χ0) is 14.4. The van der Waals surface area contributed by atoms with E-state index in [0.29, 0.717) is 5.56 Å². The van der Waals surface area contributed by atoms with E-state index < -0.39 is 0 Å². The third-order valence-corrected chi connectivity index (χ3v) is 3.11. The molecule has 0 aliphatic carbocycles. The van der Waals surface area contributed by atoms with E-state index in [1.807, 2.05) is 68.4 Å². The molecule has 0 radical (unpaired) electrons. The van der Waals surface area contributed by atoms with E-state index in [0.717, 1.165) is 23.3 Å². The van der Waals surface area contributed by atoms with Crippen LogP contribution >= 0.6 is 0 Å². The van der Waals surface area contributed by atoms with Crippen LogP contribution in [-0.4, -0.2) is 11.6 Å². The zero-order valence-electron chi connectivity index (χ0n) is 11.8. The SMILES string of the molecule is CC/C(C)=N/NC(=O)c1ccc(-c2ccccc2)cc1. The van der Waals surface area contributed by atoms with Crippen molar-refractivity contribution >= 4 is 11.6 Å². The molecule has 2 rings (SSSR count). The highest BCUT2D eigenvalue weighted by Crippen LogP contribution is 2.19. The Hall–Kier alpha value is -2.42. The number of carbonyl (C=O) groups is 1. The molecule has 0 unspecified atom stereocenters. The van der Waals surface area contributed by atoms with Gasteiger partial charge in [0.05, 0.1) is 0 Å². The molecule has 102 valence electrons. The number of amides is 1. The van der Waals surface area contributed by atoms with Crippen LogP contribution in [0.25, 0.3) is 11.1 Å². The van der Waals surface area contributed by atoms with Crippen molar-refractivity contribution in [3.8, 4) is 11.1 Å². The van der Waals surface area contributed by atoms with Gasteiger partial charge in [0.1, 0.15) is 0 Å². The van der Waals surface area contributed by atoms with Crippen LogP contribution in [-0.2, 0) is 0 Å². The number of carbonyl (C=O) groups excluding carboxylic acids is 1. The van der Waals surface area contributed by atoms with Crippen LogP contribution < -0.4 is 5.43 Å². The van der Waals surface area contributed by atoms with Gasteiger partial charge in [-0.15, -0.1) is 0 Å². The fourth-order valence-electron chi connectivity index (χ4n) is 1.73. The molecule has 0 fully saturated rings. The molecular weight excluding hydrogens is 248 g/mol. The van der Waals surface area contributed by atoms with E-state index in [9.17, 15) is 4.79 Å². The summed E-state index contributed by atoms with van der Waals surface area (Å²) in [6, 6.07) is 17.6. The molecule has 2 aromatic rings. The molecule has 0 bridgehead atoms. The van der Waals surface area contributed by atoms with Gasteiger partial charge in [-0.05, 0) is 36.6 Å². The number of hydrogen-bond donors (Lipinski definition) is 1. The minimum atomic E-state index is -0.183. The Morgan fingerprint density at radius 2 is 1.60 bits per heavy atom. The minimum absolute atomic E-state index is 0.183. The van der Waals surface area contributed by atoms with Crippen LogP contribution in [0, 0.1) is 0 Å². The average Bonchev–Trinajstić information content (AvgIpc) is 2.53. The summed E-state index contributed by atoms with van der Waals surface area (Å²) in [5.74, 6) is -0.183. The van der Waals surface area contributed by atoms with Crippen molar-refractivity contribution in [3.05, 3.63) is 60.2 Å². The van der Waals surface area contributed by atoms with Crippen LogP contribution in [0.2, 0.25) is 0 Å². The molecule has 0 saturated heterocycles. The number of rotatable bonds is 4. The molecule has 3 heteroatoms. The molecule has 0 aromatic heterocycles.